The van der Waals surface area contributed by atoms with Gasteiger partial charge in [-0.2, -0.15) is 5.10 Å². The summed E-state index contributed by atoms with van der Waals surface area (Å²) >= 11 is 3.46. The molecule has 2 aromatic rings. The molecule has 0 radical (unpaired) electrons. The van der Waals surface area contributed by atoms with E-state index >= 15 is 0 Å². The highest BCUT2D eigenvalue weighted by Crippen LogP contribution is 2.21. The smallest absolute Gasteiger partial charge is 0.0640 e. The van der Waals surface area contributed by atoms with Crippen LogP contribution in [0.4, 0.5) is 5.69 Å². The van der Waals surface area contributed by atoms with Gasteiger partial charge in [0.1, 0.15) is 0 Å². The largest absolute Gasteiger partial charge is 0.394 e. The Kier molecular flexibility index (Phi) is 4.38. The summed E-state index contributed by atoms with van der Waals surface area (Å²) in [6.45, 7) is 3.45. The first-order chi connectivity index (χ1) is 8.69. The molecule has 4 nitrogen and oxygen atoms in total. The maximum atomic E-state index is 8.82. The van der Waals surface area contributed by atoms with Crippen LogP contribution in [0.2, 0.25) is 0 Å². The van der Waals surface area contributed by atoms with Gasteiger partial charge in [-0.25, -0.2) is 0 Å². The van der Waals surface area contributed by atoms with Crippen molar-refractivity contribution in [3.8, 4) is 0 Å². The molecule has 2 N–H and O–H groups in total. The van der Waals surface area contributed by atoms with Gasteiger partial charge >= 0.3 is 0 Å². The highest BCUT2D eigenvalue weighted by Gasteiger charge is 2.01. The Hall–Kier alpha value is -1.33. The van der Waals surface area contributed by atoms with E-state index in [9.17, 15) is 0 Å². The van der Waals surface area contributed by atoms with E-state index in [4.69, 9.17) is 5.11 Å². The van der Waals surface area contributed by atoms with Crippen molar-refractivity contribution in [1.29, 1.82) is 0 Å². The number of aliphatic hydroxyl groups excluding tert-OH is 1. The highest BCUT2D eigenvalue weighted by atomic mass is 79.9. The first-order valence-corrected chi connectivity index (χ1v) is 6.60. The average molecular weight is 310 g/mol. The molecular weight excluding hydrogens is 294 g/mol. The maximum absolute atomic E-state index is 8.82. The summed E-state index contributed by atoms with van der Waals surface area (Å²) in [5.74, 6) is 0. The lowest BCUT2D eigenvalue weighted by Gasteiger charge is -2.08. The summed E-state index contributed by atoms with van der Waals surface area (Å²) in [5.41, 5.74) is 3.42. The van der Waals surface area contributed by atoms with Crippen LogP contribution in [0.5, 0.6) is 0 Å². The van der Waals surface area contributed by atoms with E-state index in [0.29, 0.717) is 6.54 Å². The van der Waals surface area contributed by atoms with Crippen LogP contribution in [-0.4, -0.2) is 21.5 Å². The van der Waals surface area contributed by atoms with Crippen LogP contribution in [0.15, 0.2) is 35.1 Å². The molecule has 0 amide bonds. The number of hydrogen-bond donors (Lipinski definition) is 2. The van der Waals surface area contributed by atoms with Gasteiger partial charge in [-0.05, 0) is 24.6 Å². The molecule has 2 rings (SSSR count). The number of benzene rings is 1. The summed E-state index contributed by atoms with van der Waals surface area (Å²) in [5, 5.41) is 16.4. The van der Waals surface area contributed by atoms with Crippen LogP contribution in [0.25, 0.3) is 0 Å². The minimum atomic E-state index is 0.110. The van der Waals surface area contributed by atoms with E-state index in [0.717, 1.165) is 22.3 Å². The van der Waals surface area contributed by atoms with Crippen LogP contribution in [0, 0.1) is 6.92 Å². The Morgan fingerprint density at radius 3 is 3.06 bits per heavy atom. The van der Waals surface area contributed by atoms with Crippen LogP contribution in [-0.2, 0) is 13.1 Å². The Morgan fingerprint density at radius 2 is 2.28 bits per heavy atom. The van der Waals surface area contributed by atoms with Crippen molar-refractivity contribution in [1.82, 2.24) is 9.78 Å². The number of nitrogens with one attached hydrogen (secondary N) is 1. The number of hydrogen-bond acceptors (Lipinski definition) is 3. The van der Waals surface area contributed by atoms with Gasteiger partial charge < -0.3 is 10.4 Å². The molecular formula is C13H16BrN3O. The standard InChI is InChI=1S/C13H16BrN3O/c1-10-2-3-12(14)6-13(10)15-7-11-8-16-17(9-11)4-5-18/h2-3,6,8-9,15,18H,4-5,7H2,1H3. The topological polar surface area (TPSA) is 50.1 Å². The van der Waals surface area contributed by atoms with Crippen molar-refractivity contribution in [2.75, 3.05) is 11.9 Å². The molecule has 0 saturated carbocycles. The zero-order valence-electron chi connectivity index (χ0n) is 10.2. The van der Waals surface area contributed by atoms with Crippen molar-refractivity contribution < 1.29 is 5.11 Å². The molecule has 0 atom stereocenters. The van der Waals surface area contributed by atoms with Gasteiger partial charge in [-0.1, -0.05) is 22.0 Å². The predicted octanol–water partition coefficient (Wildman–Crippen LogP) is 2.56. The van der Waals surface area contributed by atoms with Gasteiger partial charge in [0.2, 0.25) is 0 Å². The predicted molar refractivity (Wildman–Crippen MR) is 75.5 cm³/mol. The molecule has 5 heteroatoms. The van der Waals surface area contributed by atoms with Crippen molar-refractivity contribution in [2.45, 2.75) is 20.0 Å². The van der Waals surface area contributed by atoms with Crippen molar-refractivity contribution >= 4 is 21.6 Å². The monoisotopic (exact) mass is 309 g/mol. The molecule has 0 unspecified atom stereocenters. The second-order valence-corrected chi connectivity index (χ2v) is 5.06. The van der Waals surface area contributed by atoms with Crippen LogP contribution < -0.4 is 5.32 Å². The zero-order chi connectivity index (χ0) is 13.0. The van der Waals surface area contributed by atoms with E-state index < -0.39 is 0 Å². The van der Waals surface area contributed by atoms with E-state index in [1.165, 1.54) is 5.56 Å². The molecule has 18 heavy (non-hydrogen) atoms. The highest BCUT2D eigenvalue weighted by molar-refractivity contribution is 9.10. The molecule has 0 bridgehead atoms. The third kappa shape index (κ3) is 3.34. The van der Waals surface area contributed by atoms with E-state index in [2.05, 4.69) is 45.4 Å². The first-order valence-electron chi connectivity index (χ1n) is 5.81. The minimum absolute atomic E-state index is 0.110. The van der Waals surface area contributed by atoms with Gasteiger partial charge in [0.25, 0.3) is 0 Å². The van der Waals surface area contributed by atoms with Crippen LogP contribution in [0.1, 0.15) is 11.1 Å². The molecule has 0 fully saturated rings. The molecule has 0 spiro atoms. The Morgan fingerprint density at radius 1 is 1.44 bits per heavy atom. The summed E-state index contributed by atoms with van der Waals surface area (Å²) in [6, 6.07) is 6.16. The number of nitrogens with zero attached hydrogens (tertiary/aromatic N) is 2. The Balaban J connectivity index is 1.99. The van der Waals surface area contributed by atoms with E-state index in [1.54, 1.807) is 4.68 Å². The number of rotatable bonds is 5. The third-order valence-corrected chi connectivity index (χ3v) is 3.19. The second-order valence-electron chi connectivity index (χ2n) is 4.15. The molecule has 96 valence electrons. The molecule has 0 aliphatic carbocycles. The average Bonchev–Trinajstić information content (AvgIpc) is 2.79. The number of anilines is 1. The number of aliphatic hydroxyl groups is 1. The number of halogens is 1. The molecule has 1 heterocycles. The Bertz CT molecular complexity index is 525. The van der Waals surface area contributed by atoms with Gasteiger partial charge in [0.05, 0.1) is 19.3 Å². The first kappa shape index (κ1) is 13.1. The minimum Gasteiger partial charge on any atom is -0.394 e. The fourth-order valence-electron chi connectivity index (χ4n) is 1.70. The summed E-state index contributed by atoms with van der Waals surface area (Å²) in [4.78, 5) is 0. The lowest BCUT2D eigenvalue weighted by atomic mass is 10.2. The fourth-order valence-corrected chi connectivity index (χ4v) is 2.07. The zero-order valence-corrected chi connectivity index (χ0v) is 11.8. The Labute approximate surface area is 115 Å². The van der Waals surface area contributed by atoms with Crippen molar-refractivity contribution in [3.63, 3.8) is 0 Å². The van der Waals surface area contributed by atoms with E-state index in [1.807, 2.05) is 18.5 Å². The third-order valence-electron chi connectivity index (χ3n) is 2.70. The lowest BCUT2D eigenvalue weighted by molar-refractivity contribution is 0.269. The van der Waals surface area contributed by atoms with Crippen molar-refractivity contribution in [3.05, 3.63) is 46.2 Å². The van der Waals surface area contributed by atoms with Gasteiger partial charge in [0.15, 0.2) is 0 Å². The summed E-state index contributed by atoms with van der Waals surface area (Å²) < 4.78 is 2.80. The quantitative estimate of drug-likeness (QED) is 0.892. The van der Waals surface area contributed by atoms with Crippen LogP contribution >= 0.6 is 15.9 Å². The maximum Gasteiger partial charge on any atom is 0.0640 e. The summed E-state index contributed by atoms with van der Waals surface area (Å²) in [6.07, 6.45) is 3.76. The normalized spacial score (nSPS) is 10.6. The molecule has 0 aliphatic rings. The van der Waals surface area contributed by atoms with Gasteiger partial charge in [0, 0.05) is 28.5 Å². The van der Waals surface area contributed by atoms with Gasteiger partial charge in [-0.3, -0.25) is 4.68 Å². The SMILES string of the molecule is Cc1ccc(Br)cc1NCc1cnn(CCO)c1. The van der Waals surface area contributed by atoms with Gasteiger partial charge in [-0.15, -0.1) is 0 Å². The summed E-state index contributed by atoms with van der Waals surface area (Å²) in [7, 11) is 0. The van der Waals surface area contributed by atoms with Crippen LogP contribution in [0.3, 0.4) is 0 Å². The molecule has 1 aromatic carbocycles. The van der Waals surface area contributed by atoms with Crippen molar-refractivity contribution in [2.24, 2.45) is 0 Å². The fraction of sp³-hybridized carbons (Fsp3) is 0.308. The molecule has 0 saturated heterocycles. The van der Waals surface area contributed by atoms with E-state index in [-0.39, 0.29) is 6.61 Å². The molecule has 0 aliphatic heterocycles. The lowest BCUT2D eigenvalue weighted by Crippen LogP contribution is -2.02. The molecule has 1 aromatic heterocycles. The number of aromatic nitrogens is 2. The second kappa shape index (κ2) is 6.02. The number of aryl methyl sites for hydroxylation is 1.